The Morgan fingerprint density at radius 2 is 0.933 bits per heavy atom. The van der Waals surface area contributed by atoms with E-state index in [9.17, 15) is 0 Å². The Hall–Kier alpha value is -5.12. The fourth-order valence-electron chi connectivity index (χ4n) is 10.2. The summed E-state index contributed by atoms with van der Waals surface area (Å²) in [6.07, 6.45) is 0. The molecule has 4 aliphatic heterocycles. The van der Waals surface area contributed by atoms with Gasteiger partial charge in [-0.25, -0.2) is 0 Å². The molecule has 6 heterocycles. The molecular formula is C51H51BN2O4S2. The Labute approximate surface area is 361 Å². The van der Waals surface area contributed by atoms with Crippen LogP contribution in [0.4, 0.5) is 32.8 Å². The summed E-state index contributed by atoms with van der Waals surface area (Å²) in [6.45, 7) is 27.3. The van der Waals surface area contributed by atoms with Crippen LogP contribution in [0.25, 0.3) is 20.2 Å². The molecule has 0 saturated heterocycles. The smallest absolute Gasteiger partial charge is 0.256 e. The van der Waals surface area contributed by atoms with Gasteiger partial charge in [0.2, 0.25) is 0 Å². The standard InChI is InChI=1S/C51H51BN2O4S2/c1-26-20-35-43-36(21-26)54(45-28(3)23-38-47(30(45)5)58-19-17-56-38)49-42(34-25-32(51(9,10)11)13-15-40(34)60-49)52(43)41-33-24-31(50(6,7)8)12-14-39(33)59-48(41)53(35)44-27(2)22-37-46(29(44)4)57-18-16-55-37/h12-15,20-25H,16-19H2,1-11H3. The van der Waals surface area contributed by atoms with Gasteiger partial charge in [0, 0.05) is 31.9 Å². The molecular weight excluding hydrogens is 780 g/mol. The van der Waals surface area contributed by atoms with Crippen molar-refractivity contribution >= 4 is 98.7 Å². The zero-order valence-corrected chi connectivity index (χ0v) is 38.2. The maximum absolute atomic E-state index is 6.42. The number of aryl methyl sites for hydroxylation is 3. The van der Waals surface area contributed by atoms with E-state index >= 15 is 0 Å². The molecule has 7 aromatic rings. The summed E-state index contributed by atoms with van der Waals surface area (Å²) in [5.74, 6) is 3.33. The summed E-state index contributed by atoms with van der Waals surface area (Å²) in [4.78, 5) is 5.17. The van der Waals surface area contributed by atoms with Crippen LogP contribution in [0.15, 0.2) is 60.7 Å². The number of thiophene rings is 2. The molecule has 0 amide bonds. The lowest BCUT2D eigenvalue weighted by atomic mass is 9.33. The van der Waals surface area contributed by atoms with E-state index in [4.69, 9.17) is 18.9 Å². The summed E-state index contributed by atoms with van der Waals surface area (Å²) in [5.41, 5.74) is 17.2. The van der Waals surface area contributed by atoms with Gasteiger partial charge >= 0.3 is 0 Å². The van der Waals surface area contributed by atoms with E-state index in [0.29, 0.717) is 26.4 Å². The van der Waals surface area contributed by atoms with E-state index < -0.39 is 0 Å². The minimum Gasteiger partial charge on any atom is -0.486 e. The van der Waals surface area contributed by atoms with Crippen LogP contribution in [0.3, 0.4) is 0 Å². The normalized spacial score (nSPS) is 15.4. The molecule has 60 heavy (non-hydrogen) atoms. The Bertz CT molecular complexity index is 2810. The number of benzene rings is 5. The van der Waals surface area contributed by atoms with Crippen molar-refractivity contribution in [1.82, 2.24) is 0 Å². The first-order chi connectivity index (χ1) is 28.6. The van der Waals surface area contributed by atoms with Crippen LogP contribution in [0.1, 0.15) is 80.5 Å². The highest BCUT2D eigenvalue weighted by molar-refractivity contribution is 7.29. The van der Waals surface area contributed by atoms with Crippen LogP contribution in [0, 0.1) is 34.6 Å². The minimum absolute atomic E-state index is 0.0148. The fraction of sp³-hybridized carbons (Fsp3) is 0.333. The number of ether oxygens (including phenoxy) is 4. The second-order valence-corrected chi connectivity index (χ2v) is 21.3. The van der Waals surface area contributed by atoms with Crippen LogP contribution < -0.4 is 45.1 Å². The van der Waals surface area contributed by atoms with Crippen molar-refractivity contribution in [2.75, 3.05) is 36.2 Å². The molecule has 6 nitrogen and oxygen atoms in total. The molecule has 0 radical (unpaired) electrons. The second kappa shape index (κ2) is 12.9. The molecule has 0 N–H and O–H groups in total. The molecule has 0 bridgehead atoms. The molecule has 0 saturated carbocycles. The quantitative estimate of drug-likeness (QED) is 0.162. The minimum atomic E-state index is -0.0170. The zero-order chi connectivity index (χ0) is 41.7. The highest BCUT2D eigenvalue weighted by atomic mass is 32.1. The summed E-state index contributed by atoms with van der Waals surface area (Å²) >= 11 is 3.83. The third kappa shape index (κ3) is 5.37. The molecule has 2 aromatic heterocycles. The van der Waals surface area contributed by atoms with E-state index in [-0.39, 0.29) is 17.5 Å². The maximum atomic E-state index is 6.42. The summed E-state index contributed by atoms with van der Waals surface area (Å²) in [7, 11) is 0. The number of hydrogen-bond acceptors (Lipinski definition) is 8. The van der Waals surface area contributed by atoms with Gasteiger partial charge in [0.25, 0.3) is 6.71 Å². The first kappa shape index (κ1) is 37.9. The van der Waals surface area contributed by atoms with Gasteiger partial charge in [0.1, 0.15) is 26.4 Å². The maximum Gasteiger partial charge on any atom is 0.256 e. The van der Waals surface area contributed by atoms with Crippen molar-refractivity contribution in [3.05, 3.63) is 99.6 Å². The monoisotopic (exact) mass is 830 g/mol. The van der Waals surface area contributed by atoms with Crippen molar-refractivity contribution in [2.45, 2.75) is 87.0 Å². The highest BCUT2D eigenvalue weighted by Gasteiger charge is 2.48. The lowest BCUT2D eigenvalue weighted by molar-refractivity contribution is 0.170. The molecule has 4 aliphatic rings. The van der Waals surface area contributed by atoms with Gasteiger partial charge < -0.3 is 28.7 Å². The number of nitrogens with zero attached hydrogens (tertiary/aromatic N) is 2. The van der Waals surface area contributed by atoms with Crippen molar-refractivity contribution < 1.29 is 18.9 Å². The Balaban J connectivity index is 1.31. The first-order valence-corrected chi connectivity index (χ1v) is 22.9. The molecule has 0 unspecified atom stereocenters. The van der Waals surface area contributed by atoms with Crippen LogP contribution in [0.2, 0.25) is 0 Å². The van der Waals surface area contributed by atoms with Crippen molar-refractivity contribution in [3.63, 3.8) is 0 Å². The van der Waals surface area contributed by atoms with Gasteiger partial charge in [0.05, 0.1) is 21.4 Å². The summed E-state index contributed by atoms with van der Waals surface area (Å²) in [5, 5.41) is 5.20. The zero-order valence-electron chi connectivity index (χ0n) is 36.5. The molecule has 9 heteroatoms. The van der Waals surface area contributed by atoms with Gasteiger partial charge in [-0.3, -0.25) is 0 Å². The number of fused-ring (bicyclic) bond motifs is 10. The van der Waals surface area contributed by atoms with E-state index in [1.807, 2.05) is 22.7 Å². The topological polar surface area (TPSA) is 43.4 Å². The third-order valence-electron chi connectivity index (χ3n) is 13.1. The third-order valence-corrected chi connectivity index (χ3v) is 15.4. The van der Waals surface area contributed by atoms with Gasteiger partial charge in [-0.2, -0.15) is 0 Å². The van der Waals surface area contributed by atoms with Gasteiger partial charge in [-0.05, 0) is 137 Å². The first-order valence-electron chi connectivity index (χ1n) is 21.3. The van der Waals surface area contributed by atoms with Crippen molar-refractivity contribution in [1.29, 1.82) is 0 Å². The summed E-state index contributed by atoms with van der Waals surface area (Å²) < 4.78 is 27.9. The van der Waals surface area contributed by atoms with Gasteiger partial charge in [-0.1, -0.05) is 65.8 Å². The average Bonchev–Trinajstić information content (AvgIpc) is 3.77. The van der Waals surface area contributed by atoms with Gasteiger partial charge in [0.15, 0.2) is 23.0 Å². The molecule has 0 fully saturated rings. The van der Waals surface area contributed by atoms with E-state index in [2.05, 4.69) is 147 Å². The van der Waals surface area contributed by atoms with Crippen LogP contribution in [0.5, 0.6) is 23.0 Å². The summed E-state index contributed by atoms with van der Waals surface area (Å²) in [6, 6.07) is 23.7. The van der Waals surface area contributed by atoms with Crippen molar-refractivity contribution in [2.24, 2.45) is 0 Å². The second-order valence-electron chi connectivity index (χ2n) is 19.3. The largest absolute Gasteiger partial charge is 0.486 e. The number of rotatable bonds is 2. The predicted molar refractivity (Wildman–Crippen MR) is 254 cm³/mol. The molecule has 11 rings (SSSR count). The lowest BCUT2D eigenvalue weighted by Crippen LogP contribution is -2.60. The molecule has 0 spiro atoms. The van der Waals surface area contributed by atoms with Crippen LogP contribution in [-0.4, -0.2) is 33.1 Å². The number of hydrogen-bond donors (Lipinski definition) is 0. The highest BCUT2D eigenvalue weighted by Crippen LogP contribution is 2.55. The van der Waals surface area contributed by atoms with E-state index in [1.165, 1.54) is 74.6 Å². The fourth-order valence-corrected chi connectivity index (χ4v) is 12.7. The number of anilines is 6. The van der Waals surface area contributed by atoms with Crippen molar-refractivity contribution in [3.8, 4) is 23.0 Å². The van der Waals surface area contributed by atoms with E-state index in [1.54, 1.807) is 0 Å². The molecule has 0 atom stereocenters. The molecule has 304 valence electrons. The Morgan fingerprint density at radius 1 is 0.517 bits per heavy atom. The van der Waals surface area contributed by atoms with Crippen LogP contribution in [-0.2, 0) is 10.8 Å². The SMILES string of the molecule is Cc1cc2c3c(c1)N(c1c(C)cc4c(c1C)OCCO4)c1sc4ccc(C(C)(C)C)cc4c1B3c1c(sc3ccc(C(C)(C)C)cc13)N2c1c(C)cc2c(c1C)OCCO2. The molecule has 5 aromatic carbocycles. The lowest BCUT2D eigenvalue weighted by Gasteiger charge is -2.44. The Kier molecular flexibility index (Phi) is 8.17. The predicted octanol–water partition coefficient (Wildman–Crippen LogP) is 11.9. The van der Waals surface area contributed by atoms with Crippen LogP contribution >= 0.6 is 22.7 Å². The molecule has 0 aliphatic carbocycles. The Morgan fingerprint density at radius 3 is 1.35 bits per heavy atom. The van der Waals surface area contributed by atoms with Gasteiger partial charge in [-0.15, -0.1) is 22.7 Å². The average molecular weight is 831 g/mol. The van der Waals surface area contributed by atoms with E-state index in [0.717, 1.165) is 56.6 Å².